The highest BCUT2D eigenvalue weighted by molar-refractivity contribution is 9.10. The first kappa shape index (κ1) is 17.9. The average Bonchev–Trinajstić information content (AvgIpc) is 2.39. The van der Waals surface area contributed by atoms with Crippen LogP contribution in [0, 0.1) is 5.95 Å². The Morgan fingerprint density at radius 3 is 2.83 bits per heavy atom. The van der Waals surface area contributed by atoms with Gasteiger partial charge in [-0.25, -0.2) is 14.8 Å². The van der Waals surface area contributed by atoms with Crippen molar-refractivity contribution >= 4 is 39.0 Å². The third-order valence-electron chi connectivity index (χ3n) is 2.86. The molecule has 5 nitrogen and oxygen atoms in total. The highest BCUT2D eigenvalue weighted by Crippen LogP contribution is 2.34. The molecular formula is C15H17BrFN3O2S. The van der Waals surface area contributed by atoms with Crippen molar-refractivity contribution in [2.24, 2.45) is 4.99 Å². The van der Waals surface area contributed by atoms with Crippen molar-refractivity contribution in [3.05, 3.63) is 39.7 Å². The normalized spacial score (nSPS) is 20.9. The molecule has 0 aliphatic carbocycles. The maximum absolute atomic E-state index is 14.1. The molecule has 124 valence electrons. The summed E-state index contributed by atoms with van der Waals surface area (Å²) in [5.41, 5.74) is -1.26. The number of rotatable bonds is 1. The van der Waals surface area contributed by atoms with E-state index in [-0.39, 0.29) is 0 Å². The van der Waals surface area contributed by atoms with Gasteiger partial charge < -0.3 is 4.74 Å². The molecule has 23 heavy (non-hydrogen) atoms. The third-order valence-corrected chi connectivity index (χ3v) is 3.99. The molecule has 0 radical (unpaired) electrons. The molecule has 0 spiro atoms. The summed E-state index contributed by atoms with van der Waals surface area (Å²) in [6.07, 6.45) is 2.53. The zero-order valence-electron chi connectivity index (χ0n) is 13.2. The number of aliphatic imine (C=N–C) groups is 1. The molecule has 1 atom stereocenters. The van der Waals surface area contributed by atoms with Crippen molar-refractivity contribution in [1.82, 2.24) is 10.3 Å². The highest BCUT2D eigenvalue weighted by Gasteiger charge is 2.31. The first-order valence-corrected chi connectivity index (χ1v) is 8.52. The lowest BCUT2D eigenvalue weighted by molar-refractivity contribution is 0.0564. The molecule has 0 unspecified atom stereocenters. The van der Waals surface area contributed by atoms with Crippen LogP contribution in [0.25, 0.3) is 0 Å². The minimum atomic E-state index is -0.962. The topological polar surface area (TPSA) is 63.6 Å². The number of halogens is 2. The van der Waals surface area contributed by atoms with Crippen LogP contribution in [0.5, 0.6) is 0 Å². The van der Waals surface area contributed by atoms with E-state index in [4.69, 9.17) is 4.74 Å². The van der Waals surface area contributed by atoms with Crippen molar-refractivity contribution in [2.45, 2.75) is 38.8 Å². The average molecular weight is 402 g/mol. The molecule has 1 aliphatic heterocycles. The van der Waals surface area contributed by atoms with E-state index in [1.54, 1.807) is 45.2 Å². The van der Waals surface area contributed by atoms with Gasteiger partial charge in [-0.15, -0.1) is 0 Å². The summed E-state index contributed by atoms with van der Waals surface area (Å²) < 4.78 is 19.9. The fraction of sp³-hybridized carbons (Fsp3) is 0.400. The molecule has 0 saturated heterocycles. The van der Waals surface area contributed by atoms with Crippen LogP contribution in [-0.4, -0.2) is 21.8 Å². The van der Waals surface area contributed by atoms with Gasteiger partial charge in [-0.05, 0) is 61.2 Å². The maximum Gasteiger partial charge on any atom is 0.413 e. The van der Waals surface area contributed by atoms with Crippen LogP contribution in [0.4, 0.5) is 9.18 Å². The van der Waals surface area contributed by atoms with Gasteiger partial charge in [0.1, 0.15) is 11.1 Å². The van der Waals surface area contributed by atoms with Gasteiger partial charge in [-0.2, -0.15) is 4.39 Å². The third kappa shape index (κ3) is 4.78. The molecule has 2 rings (SSSR count). The molecule has 0 saturated carbocycles. The van der Waals surface area contributed by atoms with Gasteiger partial charge in [0, 0.05) is 16.2 Å². The smallest absolute Gasteiger partial charge is 0.413 e. The number of nitrogens with one attached hydrogen (secondary N) is 1. The summed E-state index contributed by atoms with van der Waals surface area (Å²) in [6.45, 7) is 7.06. The number of carbonyl (C=O) groups excluding carboxylic acids is 1. The van der Waals surface area contributed by atoms with Gasteiger partial charge in [0.15, 0.2) is 5.17 Å². The van der Waals surface area contributed by atoms with Crippen molar-refractivity contribution in [3.63, 3.8) is 0 Å². The zero-order chi connectivity index (χ0) is 17.3. The SMILES string of the molecule is CC(C)(C)OC(=O)NC1=N[C@](C)(c2cc(Br)cnc2F)C=CS1. The van der Waals surface area contributed by atoms with Crippen LogP contribution in [-0.2, 0) is 10.3 Å². The Morgan fingerprint density at radius 2 is 2.17 bits per heavy atom. The van der Waals surface area contributed by atoms with Crippen molar-refractivity contribution in [3.8, 4) is 0 Å². The highest BCUT2D eigenvalue weighted by atomic mass is 79.9. The molecule has 1 aromatic heterocycles. The van der Waals surface area contributed by atoms with E-state index < -0.39 is 23.2 Å². The van der Waals surface area contributed by atoms with E-state index >= 15 is 0 Å². The summed E-state index contributed by atoms with van der Waals surface area (Å²) in [6, 6.07) is 1.62. The lowest BCUT2D eigenvalue weighted by Gasteiger charge is -2.27. The first-order chi connectivity index (χ1) is 10.6. The van der Waals surface area contributed by atoms with Crippen molar-refractivity contribution in [2.75, 3.05) is 0 Å². The quantitative estimate of drug-likeness (QED) is 0.710. The van der Waals surface area contributed by atoms with Crippen molar-refractivity contribution in [1.29, 1.82) is 0 Å². The van der Waals surface area contributed by atoms with E-state index in [0.29, 0.717) is 15.2 Å². The number of ether oxygens (including phenoxy) is 1. The first-order valence-electron chi connectivity index (χ1n) is 6.85. The standard InChI is InChI=1S/C15H17BrFN3O2S/c1-14(2,3)22-13(21)19-12-20-15(4,5-6-23-12)10-7-9(16)8-18-11(10)17/h5-8H,1-4H3,(H,19,20,21)/t15-/m0/s1. The number of nitrogens with zero attached hydrogens (tertiary/aromatic N) is 2. The molecular weight excluding hydrogens is 385 g/mol. The number of pyridine rings is 1. The van der Waals surface area contributed by atoms with Crippen LogP contribution in [0.1, 0.15) is 33.3 Å². The predicted molar refractivity (Wildman–Crippen MR) is 92.8 cm³/mol. The second kappa shape index (κ2) is 6.60. The molecule has 1 aromatic rings. The molecule has 1 N–H and O–H groups in total. The summed E-state index contributed by atoms with van der Waals surface area (Å²) in [7, 11) is 0. The molecule has 1 aliphatic rings. The van der Waals surface area contributed by atoms with E-state index in [2.05, 4.69) is 31.2 Å². The van der Waals surface area contributed by atoms with Gasteiger partial charge in [-0.1, -0.05) is 11.8 Å². The molecule has 1 amide bonds. The number of thioether (sulfide) groups is 1. The number of hydrogen-bond donors (Lipinski definition) is 1. The summed E-state index contributed by atoms with van der Waals surface area (Å²) in [5.74, 6) is -0.604. The van der Waals surface area contributed by atoms with Gasteiger partial charge in [0.2, 0.25) is 5.95 Å². The Bertz CT molecular complexity index is 688. The number of amides is 1. The lowest BCUT2D eigenvalue weighted by Crippen LogP contribution is -2.37. The Kier molecular flexibility index (Phi) is 5.15. The molecule has 0 aromatic carbocycles. The van der Waals surface area contributed by atoms with E-state index in [0.717, 1.165) is 0 Å². The molecule has 0 bridgehead atoms. The van der Waals surface area contributed by atoms with Gasteiger partial charge in [0.25, 0.3) is 0 Å². The molecule has 0 fully saturated rings. The summed E-state index contributed by atoms with van der Waals surface area (Å²) >= 11 is 4.51. The van der Waals surface area contributed by atoms with Crippen LogP contribution in [0.15, 0.2) is 33.2 Å². The Labute approximate surface area is 146 Å². The van der Waals surface area contributed by atoms with Crippen LogP contribution < -0.4 is 5.32 Å². The van der Waals surface area contributed by atoms with E-state index in [1.807, 2.05) is 0 Å². The number of alkyl carbamates (subject to hydrolysis) is 1. The zero-order valence-corrected chi connectivity index (χ0v) is 15.6. The molecule has 8 heteroatoms. The Hall–Kier alpha value is -1.41. The number of aromatic nitrogens is 1. The number of amidine groups is 1. The number of carbonyl (C=O) groups is 1. The van der Waals surface area contributed by atoms with Crippen LogP contribution >= 0.6 is 27.7 Å². The Morgan fingerprint density at radius 1 is 1.48 bits per heavy atom. The minimum Gasteiger partial charge on any atom is -0.444 e. The monoisotopic (exact) mass is 401 g/mol. The van der Waals surface area contributed by atoms with Gasteiger partial charge in [-0.3, -0.25) is 5.32 Å². The molecule has 2 heterocycles. The second-order valence-electron chi connectivity index (χ2n) is 6.10. The fourth-order valence-corrected chi connectivity index (χ4v) is 3.06. The van der Waals surface area contributed by atoms with Gasteiger partial charge in [0.05, 0.1) is 0 Å². The van der Waals surface area contributed by atoms with Crippen LogP contribution in [0.2, 0.25) is 0 Å². The maximum atomic E-state index is 14.1. The largest absolute Gasteiger partial charge is 0.444 e. The summed E-state index contributed by atoms with van der Waals surface area (Å²) in [4.78, 5) is 20.0. The summed E-state index contributed by atoms with van der Waals surface area (Å²) in [5, 5.41) is 4.67. The fourth-order valence-electron chi connectivity index (χ4n) is 1.88. The lowest BCUT2D eigenvalue weighted by atomic mass is 9.94. The van der Waals surface area contributed by atoms with Crippen LogP contribution in [0.3, 0.4) is 0 Å². The van der Waals surface area contributed by atoms with Crippen molar-refractivity contribution < 1.29 is 13.9 Å². The second-order valence-corrected chi connectivity index (χ2v) is 7.91. The van der Waals surface area contributed by atoms with E-state index in [1.165, 1.54) is 18.0 Å². The number of hydrogen-bond acceptors (Lipinski definition) is 5. The van der Waals surface area contributed by atoms with E-state index in [9.17, 15) is 9.18 Å². The van der Waals surface area contributed by atoms with Gasteiger partial charge >= 0.3 is 6.09 Å². The Balaban J connectivity index is 2.25. The predicted octanol–water partition coefficient (Wildman–Crippen LogP) is 4.34. The minimum absolute atomic E-state index is 0.312.